The molecule has 4 N–H and O–H groups in total. The van der Waals surface area contributed by atoms with Gasteiger partial charge in [0, 0.05) is 86.9 Å². The fourth-order valence-corrected chi connectivity index (χ4v) is 11.6. The van der Waals surface area contributed by atoms with E-state index >= 15 is 0 Å². The normalized spacial score (nSPS) is 19.5. The second-order valence-corrected chi connectivity index (χ2v) is 24.0. The van der Waals surface area contributed by atoms with Crippen LogP contribution in [-0.2, 0) is 49.4 Å². The number of carbonyl (C=O) groups excluding carboxylic acids is 7. The van der Waals surface area contributed by atoms with Crippen LogP contribution in [0.2, 0.25) is 0 Å². The van der Waals surface area contributed by atoms with Gasteiger partial charge < -0.3 is 68.5 Å². The molecule has 5 aliphatic rings. The molecule has 0 spiro atoms. The van der Waals surface area contributed by atoms with Crippen LogP contribution in [-0.4, -0.2) is 157 Å². The highest BCUT2D eigenvalue weighted by Gasteiger charge is 2.53. The molecule has 2 bridgehead atoms. The Balaban J connectivity index is 0.828. The van der Waals surface area contributed by atoms with Crippen molar-refractivity contribution in [3.8, 4) is 22.9 Å². The monoisotopic (exact) mass is 1240 g/mol. The van der Waals surface area contributed by atoms with Gasteiger partial charge in [-0.25, -0.2) is 24.2 Å². The summed E-state index contributed by atoms with van der Waals surface area (Å²) in [4.78, 5) is 102. The highest BCUT2D eigenvalue weighted by atomic mass is 16.7. The average Bonchev–Trinajstić information content (AvgIpc) is 1.43. The minimum Gasteiger partial charge on any atom is -0.474 e. The van der Waals surface area contributed by atoms with Gasteiger partial charge in [-0.1, -0.05) is 56.0 Å². The second-order valence-electron chi connectivity index (χ2n) is 24.0. The Hall–Kier alpha value is -9.00. The third kappa shape index (κ3) is 17.2. The number of esters is 1. The van der Waals surface area contributed by atoms with E-state index in [0.717, 1.165) is 44.2 Å². The number of fused-ring (bicyclic) bond motifs is 2. The first-order chi connectivity index (χ1) is 43.4. The largest absolute Gasteiger partial charge is 0.514 e. The first kappa shape index (κ1) is 65.4. The summed E-state index contributed by atoms with van der Waals surface area (Å²) < 4.78 is 45.0. The summed E-state index contributed by atoms with van der Waals surface area (Å²) in [5.41, 5.74) is 1.45. The average molecular weight is 1240 g/mol. The topological polar surface area (TPSA) is 290 Å². The molecule has 25 heteroatoms. The molecule has 4 aromatic rings. The van der Waals surface area contributed by atoms with Crippen LogP contribution in [0.1, 0.15) is 110 Å². The van der Waals surface area contributed by atoms with E-state index in [-0.39, 0.29) is 87.4 Å². The number of likely N-dealkylation sites (tertiary alicyclic amines) is 1. The van der Waals surface area contributed by atoms with Gasteiger partial charge in [-0.3, -0.25) is 19.7 Å². The minimum atomic E-state index is -1.37. The van der Waals surface area contributed by atoms with E-state index in [1.165, 1.54) is 12.2 Å². The van der Waals surface area contributed by atoms with Crippen molar-refractivity contribution in [3.63, 3.8) is 0 Å². The maximum atomic E-state index is 13.9. The van der Waals surface area contributed by atoms with Crippen LogP contribution in [0.4, 0.5) is 42.1 Å². The van der Waals surface area contributed by atoms with E-state index in [9.17, 15) is 33.6 Å². The summed E-state index contributed by atoms with van der Waals surface area (Å²) in [6.45, 7) is 16.9. The van der Waals surface area contributed by atoms with E-state index in [1.54, 1.807) is 72.6 Å². The van der Waals surface area contributed by atoms with Crippen molar-refractivity contribution < 1.29 is 71.5 Å². The number of piperidine rings is 1. The van der Waals surface area contributed by atoms with Crippen molar-refractivity contribution in [2.75, 3.05) is 73.0 Å². The summed E-state index contributed by atoms with van der Waals surface area (Å²) in [6, 6.07) is 18.4. The Kier molecular flexibility index (Phi) is 22.2. The quantitative estimate of drug-likeness (QED) is 0.0114. The number of piperazine rings is 1. The molecular formula is C65H82N10O15. The van der Waals surface area contributed by atoms with Gasteiger partial charge in [-0.15, -0.1) is 10.2 Å². The van der Waals surface area contributed by atoms with Gasteiger partial charge in [0.25, 0.3) is 0 Å². The summed E-state index contributed by atoms with van der Waals surface area (Å²) in [6.07, 6.45) is 9.31. The third-order valence-corrected chi connectivity index (χ3v) is 16.4. The lowest BCUT2D eigenvalue weighted by atomic mass is 9.68. The predicted octanol–water partition coefficient (Wildman–Crippen LogP) is 9.41. The number of alkyl carbamates (subject to hydrolysis) is 1. The Morgan fingerprint density at radius 1 is 0.789 bits per heavy atom. The van der Waals surface area contributed by atoms with Crippen LogP contribution in [0, 0.1) is 5.41 Å². The smallest absolute Gasteiger partial charge is 0.474 e. The molecule has 2 aromatic heterocycles. The van der Waals surface area contributed by atoms with Crippen LogP contribution in [0.15, 0.2) is 98.2 Å². The lowest BCUT2D eigenvalue weighted by Crippen LogP contribution is -2.56. The van der Waals surface area contributed by atoms with Gasteiger partial charge in [0.15, 0.2) is 5.82 Å². The summed E-state index contributed by atoms with van der Waals surface area (Å²) in [5.74, 6) is -0.851. The molecule has 25 nitrogen and oxygen atoms in total. The molecule has 2 saturated carbocycles. The van der Waals surface area contributed by atoms with Crippen LogP contribution in [0.5, 0.6) is 11.6 Å². The first-order valence-corrected chi connectivity index (χ1v) is 31.0. The highest BCUT2D eigenvalue weighted by molar-refractivity contribution is 6.06. The molecule has 3 aliphatic heterocycles. The van der Waals surface area contributed by atoms with E-state index in [4.69, 9.17) is 37.9 Å². The van der Waals surface area contributed by atoms with Crippen molar-refractivity contribution in [2.24, 2.45) is 5.41 Å². The van der Waals surface area contributed by atoms with Crippen LogP contribution < -0.4 is 40.5 Å². The number of rotatable bonds is 26. The molecule has 3 saturated heterocycles. The van der Waals surface area contributed by atoms with Crippen LogP contribution in [0.3, 0.4) is 0 Å². The molecule has 5 fully saturated rings. The minimum absolute atomic E-state index is 0.0400. The van der Waals surface area contributed by atoms with Crippen LogP contribution in [0.25, 0.3) is 11.3 Å². The zero-order valence-corrected chi connectivity index (χ0v) is 51.6. The number of nitrogens with one attached hydrogen (secondary N) is 4. The van der Waals surface area contributed by atoms with Crippen molar-refractivity contribution in [1.82, 2.24) is 30.7 Å². The predicted molar refractivity (Wildman–Crippen MR) is 332 cm³/mol. The van der Waals surface area contributed by atoms with Gasteiger partial charge in [-0.2, -0.15) is 0 Å². The number of para-hydroxylation sites is 1. The fourth-order valence-electron chi connectivity index (χ4n) is 11.6. The number of ether oxygens (including phenoxy) is 8. The van der Waals surface area contributed by atoms with E-state index in [0.29, 0.717) is 92.4 Å². The Morgan fingerprint density at radius 2 is 1.51 bits per heavy atom. The lowest BCUT2D eigenvalue weighted by molar-refractivity contribution is -0.167. The van der Waals surface area contributed by atoms with Crippen molar-refractivity contribution in [1.29, 1.82) is 0 Å². The van der Waals surface area contributed by atoms with Gasteiger partial charge >= 0.3 is 30.4 Å². The molecule has 3 atom stereocenters. The standard InChI is InChI=1S/C65H82N10O15/c1-7-33-84-60(79)67-29-13-12-16-51(69-58(77)65(27-14-28-65)59(78)83-9-3)57(76)68-43-20-18-42(19-21-43)41-86-61(80)70-56-53(38-52(71-72-56)50-15-10-11-17-54(50)89-63(82)85-34-8-2)74-39-45-22-23-46(40-74)75(45)44-24-30-66-55(35-44)88-49-36-48(37-49)87-47-25-31-73(32-26-47)62(81)90-64(4,5)6/h7-8,10-11,15,17-21,24,30,35,38,45-49,51H,1-2,9,12-14,16,22-23,25-29,31-34,36-37,39-41H2,3-6H3,(H,67,79)(H,68,76)(H,69,77)(H,70,72,80)/t45-,46?,48?,49?,51+/m1/s1. The molecule has 9 rings (SSSR count). The Bertz CT molecular complexity index is 3180. The lowest BCUT2D eigenvalue weighted by Gasteiger charge is -2.44. The zero-order valence-electron chi connectivity index (χ0n) is 51.6. The van der Waals surface area contributed by atoms with Gasteiger partial charge in [-0.05, 0) is 127 Å². The summed E-state index contributed by atoms with van der Waals surface area (Å²) >= 11 is 0. The molecule has 482 valence electrons. The molecule has 5 amide bonds. The second kappa shape index (κ2) is 30.5. The van der Waals surface area contributed by atoms with Gasteiger partial charge in [0.2, 0.25) is 17.7 Å². The molecule has 1 unspecified atom stereocenters. The third-order valence-electron chi connectivity index (χ3n) is 16.4. The Morgan fingerprint density at radius 3 is 2.20 bits per heavy atom. The van der Waals surface area contributed by atoms with Crippen molar-refractivity contribution in [3.05, 3.63) is 104 Å². The zero-order chi connectivity index (χ0) is 63.8. The fraction of sp³-hybridized carbons (Fsp3) is 0.508. The van der Waals surface area contributed by atoms with Crippen molar-refractivity contribution in [2.45, 2.75) is 153 Å². The van der Waals surface area contributed by atoms with Crippen LogP contribution >= 0.6 is 0 Å². The number of benzene rings is 2. The Labute approximate surface area is 523 Å². The molecule has 0 radical (unpaired) electrons. The number of hydrogen-bond donors (Lipinski definition) is 4. The number of nitrogens with zero attached hydrogens (tertiary/aromatic N) is 6. The van der Waals surface area contributed by atoms with Crippen molar-refractivity contribution >= 4 is 65.1 Å². The number of unbranched alkanes of at least 4 members (excludes halogenated alkanes) is 1. The number of amides is 5. The van der Waals surface area contributed by atoms with E-state index in [1.807, 2.05) is 32.9 Å². The van der Waals surface area contributed by atoms with Gasteiger partial charge in [0.1, 0.15) is 48.7 Å². The summed E-state index contributed by atoms with van der Waals surface area (Å²) in [7, 11) is 0. The number of anilines is 4. The maximum Gasteiger partial charge on any atom is 0.514 e. The SMILES string of the molecule is C=CCOC(=O)NCCCC[C@H](NC(=O)C1(C(=O)OCC)CCC1)C(=O)Nc1ccc(COC(=O)Nc2nnc(-c3ccccc3OC(=O)OCC=C)cc2N2CC3CC[C@H](C2)N3c2ccnc(OC3CC(OC4CCN(C(=O)OC(C)(C)C)CC4)C3)c2)cc1. The molecule has 2 aromatic carbocycles. The van der Waals surface area contributed by atoms with Gasteiger partial charge in [0.05, 0.1) is 30.2 Å². The number of pyridine rings is 1. The summed E-state index contributed by atoms with van der Waals surface area (Å²) in [5, 5.41) is 20.2. The number of aromatic nitrogens is 3. The maximum absolute atomic E-state index is 13.9. The highest BCUT2D eigenvalue weighted by Crippen LogP contribution is 2.44. The number of hydrogen-bond acceptors (Lipinski definition) is 20. The molecule has 90 heavy (non-hydrogen) atoms. The molecular weight excluding hydrogens is 1160 g/mol. The van der Waals surface area contributed by atoms with E-state index < -0.39 is 53.2 Å². The molecule has 2 aliphatic carbocycles. The molecule has 5 heterocycles. The first-order valence-electron chi connectivity index (χ1n) is 31.0. The van der Waals surface area contributed by atoms with E-state index in [2.05, 4.69) is 59.4 Å². The number of carbonyl (C=O) groups is 7.